The third-order valence-corrected chi connectivity index (χ3v) is 3.96. The van der Waals surface area contributed by atoms with Gasteiger partial charge in [0.25, 0.3) is 5.91 Å². The molecule has 2 saturated heterocycles. The Balaban J connectivity index is 1.65. The standard InChI is InChI=1S/C11H13NO4S/c13-7-5-16-9-6(4-15-10(7)9)12-11(14)8-2-1-3-17-8/h1-3,6-7,9-10,13H,4-5H2,(H,12,14)/t6-,7+,9+,10+/m0/s1. The first-order valence-corrected chi connectivity index (χ1v) is 6.39. The Bertz CT molecular complexity index is 408. The lowest BCUT2D eigenvalue weighted by molar-refractivity contribution is 0.0178. The molecule has 0 saturated carbocycles. The molecular weight excluding hydrogens is 242 g/mol. The van der Waals surface area contributed by atoms with Gasteiger partial charge in [0.2, 0.25) is 0 Å². The number of ether oxygens (including phenoxy) is 2. The number of thiophene rings is 1. The Kier molecular flexibility index (Phi) is 2.87. The van der Waals surface area contributed by atoms with E-state index in [4.69, 9.17) is 9.47 Å². The third-order valence-electron chi connectivity index (χ3n) is 3.09. The molecule has 2 N–H and O–H groups in total. The maximum absolute atomic E-state index is 11.9. The molecule has 2 aliphatic rings. The van der Waals surface area contributed by atoms with Crippen molar-refractivity contribution in [2.24, 2.45) is 0 Å². The summed E-state index contributed by atoms with van der Waals surface area (Å²) < 4.78 is 10.9. The maximum Gasteiger partial charge on any atom is 0.261 e. The van der Waals surface area contributed by atoms with Gasteiger partial charge in [-0.05, 0) is 11.4 Å². The molecule has 3 rings (SSSR count). The molecule has 1 amide bonds. The predicted octanol–water partition coefficient (Wildman–Crippen LogP) is 0.00500. The molecule has 0 spiro atoms. The molecule has 17 heavy (non-hydrogen) atoms. The highest BCUT2D eigenvalue weighted by molar-refractivity contribution is 7.12. The first-order valence-electron chi connectivity index (χ1n) is 5.51. The highest BCUT2D eigenvalue weighted by Crippen LogP contribution is 2.27. The predicted molar refractivity (Wildman–Crippen MR) is 61.1 cm³/mol. The van der Waals surface area contributed by atoms with E-state index in [0.717, 1.165) is 0 Å². The second-order valence-corrected chi connectivity index (χ2v) is 5.17. The fraction of sp³-hybridized carbons (Fsp3) is 0.545. The molecule has 0 aliphatic carbocycles. The lowest BCUT2D eigenvalue weighted by atomic mass is 10.1. The molecule has 0 aromatic carbocycles. The number of fused-ring (bicyclic) bond motifs is 1. The number of hydrogen-bond acceptors (Lipinski definition) is 5. The van der Waals surface area contributed by atoms with Gasteiger partial charge in [0, 0.05) is 0 Å². The quantitative estimate of drug-likeness (QED) is 0.781. The van der Waals surface area contributed by atoms with E-state index in [0.29, 0.717) is 11.5 Å². The molecule has 5 nitrogen and oxygen atoms in total. The van der Waals surface area contributed by atoms with E-state index >= 15 is 0 Å². The van der Waals surface area contributed by atoms with E-state index in [1.165, 1.54) is 11.3 Å². The van der Waals surface area contributed by atoms with Crippen LogP contribution in [0.3, 0.4) is 0 Å². The minimum Gasteiger partial charge on any atom is -0.388 e. The lowest BCUT2D eigenvalue weighted by Gasteiger charge is -2.16. The van der Waals surface area contributed by atoms with E-state index in [1.807, 2.05) is 11.4 Å². The second-order valence-electron chi connectivity index (χ2n) is 4.22. The number of nitrogens with one attached hydrogen (secondary N) is 1. The van der Waals surface area contributed by atoms with E-state index < -0.39 is 6.10 Å². The van der Waals surface area contributed by atoms with Gasteiger partial charge in [-0.25, -0.2) is 0 Å². The number of rotatable bonds is 2. The molecule has 2 fully saturated rings. The molecule has 3 heterocycles. The highest BCUT2D eigenvalue weighted by atomic mass is 32.1. The average Bonchev–Trinajstić information content (AvgIpc) is 3.00. The van der Waals surface area contributed by atoms with Crippen molar-refractivity contribution in [3.05, 3.63) is 22.4 Å². The molecule has 0 unspecified atom stereocenters. The highest BCUT2D eigenvalue weighted by Gasteiger charge is 2.47. The number of carbonyl (C=O) groups is 1. The van der Waals surface area contributed by atoms with Crippen LogP contribution in [0.5, 0.6) is 0 Å². The fourth-order valence-corrected chi connectivity index (χ4v) is 2.88. The van der Waals surface area contributed by atoms with Gasteiger partial charge in [-0.15, -0.1) is 11.3 Å². The molecule has 1 aromatic heterocycles. The van der Waals surface area contributed by atoms with Gasteiger partial charge in [-0.2, -0.15) is 0 Å². The summed E-state index contributed by atoms with van der Waals surface area (Å²) in [4.78, 5) is 12.5. The van der Waals surface area contributed by atoms with Gasteiger partial charge in [0.05, 0.1) is 24.1 Å². The van der Waals surface area contributed by atoms with E-state index in [9.17, 15) is 9.90 Å². The van der Waals surface area contributed by atoms with Gasteiger partial charge in [-0.1, -0.05) is 6.07 Å². The Morgan fingerprint density at radius 1 is 1.41 bits per heavy atom. The van der Waals surface area contributed by atoms with Gasteiger partial charge in [0.1, 0.15) is 18.3 Å². The van der Waals surface area contributed by atoms with Crippen LogP contribution in [0.15, 0.2) is 17.5 Å². The van der Waals surface area contributed by atoms with Crippen molar-refractivity contribution in [3.8, 4) is 0 Å². The molecule has 2 aliphatic heterocycles. The van der Waals surface area contributed by atoms with Crippen LogP contribution in [0.25, 0.3) is 0 Å². The molecule has 6 heteroatoms. The minimum absolute atomic E-state index is 0.112. The zero-order valence-corrected chi connectivity index (χ0v) is 9.85. The van der Waals surface area contributed by atoms with Crippen molar-refractivity contribution in [2.45, 2.75) is 24.4 Å². The zero-order valence-electron chi connectivity index (χ0n) is 9.04. The van der Waals surface area contributed by atoms with Gasteiger partial charge in [-0.3, -0.25) is 4.79 Å². The maximum atomic E-state index is 11.9. The average molecular weight is 255 g/mol. The lowest BCUT2D eigenvalue weighted by Crippen LogP contribution is -2.44. The van der Waals surface area contributed by atoms with Crippen LogP contribution in [-0.2, 0) is 9.47 Å². The Hall–Kier alpha value is -0.950. The normalized spacial score (nSPS) is 35.8. The first-order chi connectivity index (χ1) is 8.25. The molecular formula is C11H13NO4S. The SMILES string of the molecule is O=C(N[C@H]1CO[C@H]2[C@@H]1OC[C@H]2O)c1cccs1. The second kappa shape index (κ2) is 4.38. The van der Waals surface area contributed by atoms with Crippen LogP contribution < -0.4 is 5.32 Å². The number of aliphatic hydroxyl groups is 1. The van der Waals surface area contributed by atoms with Gasteiger partial charge >= 0.3 is 0 Å². The van der Waals surface area contributed by atoms with Crippen LogP contribution in [-0.4, -0.2) is 48.6 Å². The van der Waals surface area contributed by atoms with Crippen molar-refractivity contribution >= 4 is 17.2 Å². The number of amides is 1. The summed E-state index contributed by atoms with van der Waals surface area (Å²) in [6, 6.07) is 3.44. The van der Waals surface area contributed by atoms with Crippen LogP contribution in [0.1, 0.15) is 9.67 Å². The fourth-order valence-electron chi connectivity index (χ4n) is 2.25. The molecule has 92 valence electrons. The Labute approximate surface area is 102 Å². The summed E-state index contributed by atoms with van der Waals surface area (Å²) in [6.07, 6.45) is -1.11. The van der Waals surface area contributed by atoms with Crippen molar-refractivity contribution in [1.29, 1.82) is 0 Å². The summed E-state index contributed by atoms with van der Waals surface area (Å²) in [6.45, 7) is 0.671. The number of aliphatic hydroxyl groups excluding tert-OH is 1. The van der Waals surface area contributed by atoms with Gasteiger partial charge < -0.3 is 19.9 Å². The summed E-state index contributed by atoms with van der Waals surface area (Å²) in [5.74, 6) is -0.112. The van der Waals surface area contributed by atoms with Crippen molar-refractivity contribution in [1.82, 2.24) is 5.32 Å². The third kappa shape index (κ3) is 1.97. The van der Waals surface area contributed by atoms with E-state index in [-0.39, 0.29) is 30.8 Å². The number of hydrogen-bond donors (Lipinski definition) is 2. The summed E-state index contributed by atoms with van der Waals surface area (Å²) in [7, 11) is 0. The molecule has 0 bridgehead atoms. The zero-order chi connectivity index (χ0) is 11.8. The van der Waals surface area contributed by atoms with E-state index in [1.54, 1.807) is 6.07 Å². The monoisotopic (exact) mass is 255 g/mol. The van der Waals surface area contributed by atoms with Crippen LogP contribution in [0, 0.1) is 0 Å². The van der Waals surface area contributed by atoms with Crippen LogP contribution >= 0.6 is 11.3 Å². The number of carbonyl (C=O) groups excluding carboxylic acids is 1. The minimum atomic E-state index is -0.580. The first kappa shape index (κ1) is 11.2. The van der Waals surface area contributed by atoms with Crippen molar-refractivity contribution < 1.29 is 19.4 Å². The molecule has 0 radical (unpaired) electrons. The summed E-state index contributed by atoms with van der Waals surface area (Å²) in [5, 5.41) is 14.3. The van der Waals surface area contributed by atoms with Crippen LogP contribution in [0.4, 0.5) is 0 Å². The summed E-state index contributed by atoms with van der Waals surface area (Å²) in [5.41, 5.74) is 0. The van der Waals surface area contributed by atoms with Crippen molar-refractivity contribution in [2.75, 3.05) is 13.2 Å². The van der Waals surface area contributed by atoms with E-state index in [2.05, 4.69) is 5.32 Å². The van der Waals surface area contributed by atoms with Crippen LogP contribution in [0.2, 0.25) is 0 Å². The largest absolute Gasteiger partial charge is 0.388 e. The van der Waals surface area contributed by atoms with Gasteiger partial charge in [0.15, 0.2) is 0 Å². The summed E-state index contributed by atoms with van der Waals surface area (Å²) >= 11 is 1.40. The Morgan fingerprint density at radius 2 is 2.24 bits per heavy atom. The molecule has 1 aromatic rings. The van der Waals surface area contributed by atoms with Crippen molar-refractivity contribution in [3.63, 3.8) is 0 Å². The Morgan fingerprint density at radius 3 is 3.00 bits per heavy atom. The molecule has 4 atom stereocenters. The topological polar surface area (TPSA) is 67.8 Å². The smallest absolute Gasteiger partial charge is 0.261 e.